The zero-order chi connectivity index (χ0) is 26.1. The molecule has 0 aliphatic carbocycles. The van der Waals surface area contributed by atoms with E-state index in [0.717, 1.165) is 22.4 Å². The molecule has 0 spiro atoms. The van der Waals surface area contributed by atoms with Crippen LogP contribution in [0.1, 0.15) is 23.1 Å². The van der Waals surface area contributed by atoms with Crippen LogP contribution >= 0.6 is 11.6 Å². The third-order valence-corrected chi connectivity index (χ3v) is 7.06. The van der Waals surface area contributed by atoms with Crippen molar-refractivity contribution in [2.75, 3.05) is 18.0 Å². The second-order valence-corrected chi connectivity index (χ2v) is 9.81. The molecule has 1 aliphatic rings. The summed E-state index contributed by atoms with van der Waals surface area (Å²) in [5, 5.41) is 8.25. The maximum absolute atomic E-state index is 12.9. The molecule has 1 aliphatic heterocycles. The number of aryl methyl sites for hydroxylation is 2. The average molecular weight is 519 g/mol. The number of carbonyl (C=O) groups is 2. The van der Waals surface area contributed by atoms with Crippen LogP contribution in [0.2, 0.25) is 5.02 Å². The topological polar surface area (TPSA) is 102 Å². The fraction of sp³-hybridized carbons (Fsp3) is 0.296. The van der Waals surface area contributed by atoms with Crippen LogP contribution in [-0.4, -0.2) is 44.2 Å². The molecule has 0 radical (unpaired) electrons. The van der Waals surface area contributed by atoms with E-state index in [1.165, 1.54) is 17.1 Å². The molecule has 2 amide bonds. The van der Waals surface area contributed by atoms with Gasteiger partial charge >= 0.3 is 0 Å². The maximum atomic E-state index is 12.9. The quantitative estimate of drug-likeness (QED) is 0.405. The molecular formula is C27H27ClN6O3. The minimum absolute atomic E-state index is 0.0550. The summed E-state index contributed by atoms with van der Waals surface area (Å²) < 4.78 is 3.13. The maximum Gasteiger partial charge on any atom is 0.264 e. The minimum Gasteiger partial charge on any atom is -0.354 e. The Bertz CT molecular complexity index is 1540. The third kappa shape index (κ3) is 5.13. The lowest BCUT2D eigenvalue weighted by Gasteiger charge is -2.18. The molecule has 37 heavy (non-hydrogen) atoms. The van der Waals surface area contributed by atoms with Crippen LogP contribution in [0.3, 0.4) is 0 Å². The molecular weight excluding hydrogens is 492 g/mol. The van der Waals surface area contributed by atoms with E-state index in [4.69, 9.17) is 11.6 Å². The second kappa shape index (κ2) is 10.2. The number of anilines is 1. The van der Waals surface area contributed by atoms with E-state index in [2.05, 4.69) is 15.4 Å². The number of hydrogen-bond acceptors (Lipinski definition) is 5. The number of fused-ring (bicyclic) bond motifs is 1. The Morgan fingerprint density at radius 3 is 2.65 bits per heavy atom. The van der Waals surface area contributed by atoms with Gasteiger partial charge in [-0.25, -0.2) is 9.67 Å². The monoisotopic (exact) mass is 518 g/mol. The molecule has 2 aromatic heterocycles. The summed E-state index contributed by atoms with van der Waals surface area (Å²) in [6, 6.07) is 13.2. The number of hydrogen-bond donors (Lipinski definition) is 1. The van der Waals surface area contributed by atoms with Crippen LogP contribution in [0.5, 0.6) is 0 Å². The molecule has 5 rings (SSSR count). The number of rotatable bonds is 7. The molecule has 1 N–H and O–H groups in total. The Morgan fingerprint density at radius 1 is 1.11 bits per heavy atom. The average Bonchev–Trinajstić information content (AvgIpc) is 3.48. The minimum atomic E-state index is -0.415. The lowest BCUT2D eigenvalue weighted by molar-refractivity contribution is -0.126. The largest absolute Gasteiger partial charge is 0.354 e. The van der Waals surface area contributed by atoms with Gasteiger partial charge in [0, 0.05) is 30.2 Å². The van der Waals surface area contributed by atoms with Gasteiger partial charge < -0.3 is 10.2 Å². The molecule has 1 unspecified atom stereocenters. The van der Waals surface area contributed by atoms with E-state index in [9.17, 15) is 14.4 Å². The zero-order valence-electron chi connectivity index (χ0n) is 20.6. The SMILES string of the molecule is Cc1ccc(N2CC(C(=O)NCCn3ncc4c(=O)n(Cc5ccc(Cl)cc5)cnc43)CC2=O)cc1C. The molecule has 190 valence electrons. The number of amides is 2. The number of aromatic nitrogens is 4. The Balaban J connectivity index is 1.20. The van der Waals surface area contributed by atoms with Crippen LogP contribution in [-0.2, 0) is 22.7 Å². The Morgan fingerprint density at radius 2 is 1.89 bits per heavy atom. The molecule has 1 atom stereocenters. The first-order chi connectivity index (χ1) is 17.8. The third-order valence-electron chi connectivity index (χ3n) is 6.81. The summed E-state index contributed by atoms with van der Waals surface area (Å²) in [4.78, 5) is 44.4. The van der Waals surface area contributed by atoms with E-state index in [0.29, 0.717) is 42.2 Å². The van der Waals surface area contributed by atoms with Crippen LogP contribution in [0, 0.1) is 19.8 Å². The Hall–Kier alpha value is -3.98. The molecule has 3 heterocycles. The summed E-state index contributed by atoms with van der Waals surface area (Å²) in [6.45, 7) is 5.42. The van der Waals surface area contributed by atoms with E-state index in [1.807, 2.05) is 44.2 Å². The standard InChI is InChI=1S/C27H27ClN6O3/c1-17-3-8-22(11-18(17)2)33-15-20(12-24(33)35)26(36)29-9-10-34-25-23(13-31-34)27(37)32(16-30-25)14-19-4-6-21(28)7-5-19/h3-8,11,13,16,20H,9-10,12,14-15H2,1-2H3,(H,29,36). The zero-order valence-corrected chi connectivity index (χ0v) is 21.4. The molecule has 4 aromatic rings. The predicted molar refractivity (Wildman–Crippen MR) is 142 cm³/mol. The number of nitrogens with zero attached hydrogens (tertiary/aromatic N) is 5. The van der Waals surface area contributed by atoms with E-state index >= 15 is 0 Å². The van der Waals surface area contributed by atoms with Crippen molar-refractivity contribution in [2.24, 2.45) is 5.92 Å². The van der Waals surface area contributed by atoms with Gasteiger partial charge in [0.25, 0.3) is 5.56 Å². The van der Waals surface area contributed by atoms with Crippen molar-refractivity contribution in [3.05, 3.63) is 87.1 Å². The molecule has 1 saturated heterocycles. The highest BCUT2D eigenvalue weighted by Gasteiger charge is 2.35. The molecule has 9 nitrogen and oxygen atoms in total. The summed E-state index contributed by atoms with van der Waals surface area (Å²) in [5.74, 6) is -0.642. The van der Waals surface area contributed by atoms with Gasteiger partial charge in [-0.3, -0.25) is 19.0 Å². The van der Waals surface area contributed by atoms with Gasteiger partial charge in [-0.05, 0) is 54.8 Å². The van der Waals surface area contributed by atoms with Gasteiger partial charge in [-0.1, -0.05) is 29.8 Å². The van der Waals surface area contributed by atoms with Crippen LogP contribution < -0.4 is 15.8 Å². The van der Waals surface area contributed by atoms with Crippen molar-refractivity contribution >= 4 is 40.1 Å². The summed E-state index contributed by atoms with van der Waals surface area (Å²) >= 11 is 5.94. The fourth-order valence-corrected chi connectivity index (χ4v) is 4.64. The van der Waals surface area contributed by atoms with Crippen molar-refractivity contribution in [1.29, 1.82) is 0 Å². The fourth-order valence-electron chi connectivity index (χ4n) is 4.52. The predicted octanol–water partition coefficient (Wildman–Crippen LogP) is 3.08. The first-order valence-corrected chi connectivity index (χ1v) is 12.5. The Kier molecular flexibility index (Phi) is 6.80. The van der Waals surface area contributed by atoms with Gasteiger partial charge in [0.05, 0.1) is 25.2 Å². The molecule has 0 bridgehead atoms. The molecule has 10 heteroatoms. The van der Waals surface area contributed by atoms with Gasteiger partial charge in [0.1, 0.15) is 11.7 Å². The highest BCUT2D eigenvalue weighted by Crippen LogP contribution is 2.27. The number of halogens is 1. The van der Waals surface area contributed by atoms with Gasteiger partial charge in [0.2, 0.25) is 11.8 Å². The smallest absolute Gasteiger partial charge is 0.264 e. The summed E-state index contributed by atoms with van der Waals surface area (Å²) in [5.41, 5.74) is 4.29. The van der Waals surface area contributed by atoms with Crippen LogP contribution in [0.25, 0.3) is 11.0 Å². The summed E-state index contributed by atoms with van der Waals surface area (Å²) in [7, 11) is 0. The molecule has 0 saturated carbocycles. The lowest BCUT2D eigenvalue weighted by atomic mass is 10.1. The molecule has 1 fully saturated rings. The number of benzene rings is 2. The number of carbonyl (C=O) groups excluding carboxylic acids is 2. The van der Waals surface area contributed by atoms with Crippen LogP contribution in [0.15, 0.2) is 59.8 Å². The van der Waals surface area contributed by atoms with Crippen molar-refractivity contribution in [2.45, 2.75) is 33.4 Å². The van der Waals surface area contributed by atoms with Crippen molar-refractivity contribution in [3.8, 4) is 0 Å². The normalized spacial score (nSPS) is 15.5. The highest BCUT2D eigenvalue weighted by molar-refractivity contribution is 6.30. The Labute approximate surface area is 218 Å². The van der Waals surface area contributed by atoms with Crippen molar-refractivity contribution in [1.82, 2.24) is 24.6 Å². The van der Waals surface area contributed by atoms with Gasteiger partial charge in [-0.15, -0.1) is 0 Å². The highest BCUT2D eigenvalue weighted by atomic mass is 35.5. The van der Waals surface area contributed by atoms with Crippen molar-refractivity contribution in [3.63, 3.8) is 0 Å². The van der Waals surface area contributed by atoms with E-state index in [1.54, 1.807) is 21.7 Å². The molecule has 2 aromatic carbocycles. The van der Waals surface area contributed by atoms with E-state index in [-0.39, 0.29) is 23.8 Å². The van der Waals surface area contributed by atoms with Gasteiger partial charge in [-0.2, -0.15) is 5.10 Å². The van der Waals surface area contributed by atoms with Crippen molar-refractivity contribution < 1.29 is 9.59 Å². The second-order valence-electron chi connectivity index (χ2n) is 9.37. The first kappa shape index (κ1) is 24.7. The lowest BCUT2D eigenvalue weighted by Crippen LogP contribution is -2.35. The number of nitrogens with one attached hydrogen (secondary N) is 1. The van der Waals surface area contributed by atoms with E-state index < -0.39 is 5.92 Å². The van der Waals surface area contributed by atoms with Gasteiger partial charge in [0.15, 0.2) is 5.65 Å². The summed E-state index contributed by atoms with van der Waals surface area (Å²) in [6.07, 6.45) is 3.18. The first-order valence-electron chi connectivity index (χ1n) is 12.1. The van der Waals surface area contributed by atoms with Crippen LogP contribution in [0.4, 0.5) is 5.69 Å².